The summed E-state index contributed by atoms with van der Waals surface area (Å²) in [5, 5.41) is 5.37. The maximum Gasteiger partial charge on any atom is 0.236 e. The van der Waals surface area contributed by atoms with Crippen LogP contribution in [0, 0.1) is 5.92 Å². The number of hydrogen-bond donors (Lipinski definition) is 0. The van der Waals surface area contributed by atoms with Crippen molar-refractivity contribution < 1.29 is 13.2 Å². The molecule has 0 unspecified atom stereocenters. The molecule has 0 aliphatic carbocycles. The fourth-order valence-corrected chi connectivity index (χ4v) is 4.61. The summed E-state index contributed by atoms with van der Waals surface area (Å²) in [5.41, 5.74) is 1.82. The zero-order chi connectivity index (χ0) is 20.1. The lowest BCUT2D eigenvalue weighted by atomic mass is 9.96. The Kier molecular flexibility index (Phi) is 6.31. The number of piperidine rings is 1. The molecule has 1 saturated heterocycles. The molecule has 28 heavy (non-hydrogen) atoms. The van der Waals surface area contributed by atoms with Crippen LogP contribution in [-0.2, 0) is 28.4 Å². The van der Waals surface area contributed by atoms with Gasteiger partial charge in [-0.05, 0) is 24.5 Å². The Bertz CT molecular complexity index is 929. The largest absolute Gasteiger partial charge is 0.341 e. The Labute approximate surface area is 166 Å². The van der Waals surface area contributed by atoms with Gasteiger partial charge >= 0.3 is 0 Å². The van der Waals surface area contributed by atoms with Crippen molar-refractivity contribution in [3.05, 3.63) is 59.3 Å². The Balaban J connectivity index is 1.54. The van der Waals surface area contributed by atoms with E-state index >= 15 is 0 Å². The molecule has 1 aromatic heterocycles. The van der Waals surface area contributed by atoms with Crippen LogP contribution in [0.1, 0.15) is 24.0 Å². The molecule has 1 aliphatic heterocycles. The first-order valence-electron chi connectivity index (χ1n) is 9.31. The van der Waals surface area contributed by atoms with Crippen LogP contribution in [0.5, 0.6) is 0 Å². The van der Waals surface area contributed by atoms with E-state index < -0.39 is 10.0 Å². The van der Waals surface area contributed by atoms with Crippen molar-refractivity contribution in [1.29, 1.82) is 0 Å². The summed E-state index contributed by atoms with van der Waals surface area (Å²) in [5.74, 6) is -0.0908. The molecule has 0 radical (unpaired) electrons. The van der Waals surface area contributed by atoms with Gasteiger partial charge in [0, 0.05) is 56.8 Å². The number of nitrogens with zero attached hydrogens (tertiary/aromatic N) is 4. The Morgan fingerprint density at radius 2 is 1.93 bits per heavy atom. The van der Waals surface area contributed by atoms with Crippen molar-refractivity contribution in [2.75, 3.05) is 20.1 Å². The molecule has 2 heterocycles. The molecule has 150 valence electrons. The monoisotopic (exact) mass is 402 g/mol. The molecule has 8 heteroatoms. The lowest BCUT2D eigenvalue weighted by Crippen LogP contribution is -2.42. The van der Waals surface area contributed by atoms with Crippen LogP contribution in [0.2, 0.25) is 0 Å². The van der Waals surface area contributed by atoms with Gasteiger partial charge in [-0.2, -0.15) is 9.40 Å². The van der Waals surface area contributed by atoms with Crippen molar-refractivity contribution in [2.24, 2.45) is 13.0 Å². The van der Waals surface area contributed by atoms with Crippen LogP contribution in [0.15, 0.2) is 48.1 Å². The standard InChI is InChI=1S/C20H26N4O3S/c1-22(15-18-14-21-23(2)16-18)20(25)19-8-11-24(12-9-19)28(26,27)13-10-17-6-4-3-5-7-17/h3-7,10,13-14,16,19H,8-9,11-12,15H2,1-2H3/b13-10+. The fourth-order valence-electron chi connectivity index (χ4n) is 3.39. The van der Waals surface area contributed by atoms with E-state index in [2.05, 4.69) is 5.10 Å². The van der Waals surface area contributed by atoms with Gasteiger partial charge in [0.05, 0.1) is 6.20 Å². The first-order valence-corrected chi connectivity index (χ1v) is 10.8. The summed E-state index contributed by atoms with van der Waals surface area (Å²) < 4.78 is 28.3. The molecule has 1 aliphatic rings. The minimum atomic E-state index is -3.48. The van der Waals surface area contributed by atoms with Crippen LogP contribution >= 0.6 is 0 Å². The fraction of sp³-hybridized carbons (Fsp3) is 0.400. The summed E-state index contributed by atoms with van der Waals surface area (Å²) in [6.07, 6.45) is 6.31. The lowest BCUT2D eigenvalue weighted by Gasteiger charge is -2.31. The molecule has 2 aromatic rings. The number of carbonyl (C=O) groups is 1. The number of amides is 1. The van der Waals surface area contributed by atoms with E-state index in [0.717, 1.165) is 11.1 Å². The minimum absolute atomic E-state index is 0.0562. The molecule has 1 amide bonds. The number of aryl methyl sites for hydroxylation is 1. The van der Waals surface area contributed by atoms with E-state index in [1.807, 2.05) is 43.6 Å². The second kappa shape index (κ2) is 8.70. The van der Waals surface area contributed by atoms with Crippen molar-refractivity contribution in [2.45, 2.75) is 19.4 Å². The second-order valence-corrected chi connectivity index (χ2v) is 8.97. The third kappa shape index (κ3) is 5.08. The number of hydrogen-bond acceptors (Lipinski definition) is 4. The average Bonchev–Trinajstić information content (AvgIpc) is 3.11. The molecule has 0 bridgehead atoms. The highest BCUT2D eigenvalue weighted by Gasteiger charge is 2.31. The molecule has 0 N–H and O–H groups in total. The molecular weight excluding hydrogens is 376 g/mol. The van der Waals surface area contributed by atoms with Gasteiger partial charge in [0.2, 0.25) is 15.9 Å². The molecule has 0 saturated carbocycles. The molecule has 0 atom stereocenters. The van der Waals surface area contributed by atoms with Crippen LogP contribution in [-0.4, -0.2) is 53.4 Å². The maximum absolute atomic E-state index is 12.7. The number of aromatic nitrogens is 2. The van der Waals surface area contributed by atoms with E-state index in [1.165, 1.54) is 9.71 Å². The first-order chi connectivity index (χ1) is 13.3. The third-order valence-electron chi connectivity index (χ3n) is 4.95. The van der Waals surface area contributed by atoms with Gasteiger partial charge in [-0.3, -0.25) is 9.48 Å². The summed E-state index contributed by atoms with van der Waals surface area (Å²) in [6, 6.07) is 9.33. The molecule has 1 fully saturated rings. The van der Waals surface area contributed by atoms with Gasteiger partial charge in [-0.15, -0.1) is 0 Å². The Morgan fingerprint density at radius 1 is 1.25 bits per heavy atom. The van der Waals surface area contributed by atoms with E-state index in [9.17, 15) is 13.2 Å². The van der Waals surface area contributed by atoms with E-state index in [0.29, 0.717) is 32.5 Å². The summed E-state index contributed by atoms with van der Waals surface area (Å²) in [6.45, 7) is 1.22. The average molecular weight is 403 g/mol. The SMILES string of the molecule is CN(Cc1cnn(C)c1)C(=O)C1CCN(S(=O)(=O)/C=C/c2ccccc2)CC1. The predicted octanol–water partition coefficient (Wildman–Crippen LogP) is 2.09. The first kappa shape index (κ1) is 20.3. The highest BCUT2D eigenvalue weighted by molar-refractivity contribution is 7.92. The quantitative estimate of drug-likeness (QED) is 0.741. The van der Waals surface area contributed by atoms with Crippen LogP contribution in [0.4, 0.5) is 0 Å². The van der Waals surface area contributed by atoms with Crippen LogP contribution in [0.25, 0.3) is 6.08 Å². The summed E-state index contributed by atoms with van der Waals surface area (Å²) in [7, 11) is 0.140. The highest BCUT2D eigenvalue weighted by Crippen LogP contribution is 2.23. The number of benzene rings is 1. The Hall–Kier alpha value is -2.45. The van der Waals surface area contributed by atoms with Gasteiger partial charge in [0.1, 0.15) is 0 Å². The normalized spacial score (nSPS) is 16.5. The maximum atomic E-state index is 12.7. The molecule has 1 aromatic carbocycles. The number of carbonyl (C=O) groups excluding carboxylic acids is 1. The van der Waals surface area contributed by atoms with Crippen LogP contribution in [0.3, 0.4) is 0 Å². The summed E-state index contributed by atoms with van der Waals surface area (Å²) >= 11 is 0. The van der Waals surface area contributed by atoms with Gasteiger partial charge in [0.15, 0.2) is 0 Å². The predicted molar refractivity (Wildman–Crippen MR) is 108 cm³/mol. The van der Waals surface area contributed by atoms with Crippen LogP contribution < -0.4 is 0 Å². The minimum Gasteiger partial charge on any atom is -0.341 e. The summed E-state index contributed by atoms with van der Waals surface area (Å²) in [4.78, 5) is 14.4. The number of sulfonamides is 1. The van der Waals surface area contributed by atoms with Crippen molar-refractivity contribution >= 4 is 22.0 Å². The van der Waals surface area contributed by atoms with Gasteiger partial charge in [-0.1, -0.05) is 30.3 Å². The van der Waals surface area contributed by atoms with E-state index in [4.69, 9.17) is 0 Å². The lowest BCUT2D eigenvalue weighted by molar-refractivity contribution is -0.135. The van der Waals surface area contributed by atoms with Crippen molar-refractivity contribution in [3.8, 4) is 0 Å². The van der Waals surface area contributed by atoms with Gasteiger partial charge < -0.3 is 4.90 Å². The van der Waals surface area contributed by atoms with E-state index in [-0.39, 0.29) is 11.8 Å². The molecule has 7 nitrogen and oxygen atoms in total. The molecular formula is C20H26N4O3S. The topological polar surface area (TPSA) is 75.5 Å². The van der Waals surface area contributed by atoms with E-state index in [1.54, 1.807) is 28.9 Å². The van der Waals surface area contributed by atoms with Crippen molar-refractivity contribution in [3.63, 3.8) is 0 Å². The van der Waals surface area contributed by atoms with Gasteiger partial charge in [0.25, 0.3) is 0 Å². The third-order valence-corrected chi connectivity index (χ3v) is 6.51. The molecule has 0 spiro atoms. The van der Waals surface area contributed by atoms with Crippen molar-refractivity contribution in [1.82, 2.24) is 19.0 Å². The molecule has 3 rings (SSSR count). The van der Waals surface area contributed by atoms with Gasteiger partial charge in [-0.25, -0.2) is 8.42 Å². The smallest absolute Gasteiger partial charge is 0.236 e. The number of rotatable bonds is 6. The zero-order valence-electron chi connectivity index (χ0n) is 16.2. The second-order valence-electron chi connectivity index (χ2n) is 7.15. The zero-order valence-corrected chi connectivity index (χ0v) is 17.0. The highest BCUT2D eigenvalue weighted by atomic mass is 32.2. The Morgan fingerprint density at radius 3 is 2.54 bits per heavy atom.